The van der Waals surface area contributed by atoms with E-state index in [1.807, 2.05) is 61.5 Å². The highest BCUT2D eigenvalue weighted by Gasteiger charge is 2.47. The molecule has 3 rings (SSSR count). The first-order valence-electron chi connectivity index (χ1n) is 9.09. The van der Waals surface area contributed by atoms with Crippen LogP contribution in [-0.4, -0.2) is 18.7 Å². The number of rotatable bonds is 6. The summed E-state index contributed by atoms with van der Waals surface area (Å²) < 4.78 is 39.3. The Hall–Kier alpha value is -2.31. The first kappa shape index (κ1) is 24.0. The molecule has 8 heteroatoms. The zero-order valence-corrected chi connectivity index (χ0v) is 18.0. The van der Waals surface area contributed by atoms with Gasteiger partial charge in [-0.15, -0.1) is 10.2 Å². The van der Waals surface area contributed by atoms with Gasteiger partial charge in [-0.1, -0.05) is 54.6 Å². The van der Waals surface area contributed by atoms with Crippen LogP contribution in [0.4, 0.5) is 0 Å². The fraction of sp³-hybridized carbons (Fsp3) is 0.136. The van der Waals surface area contributed by atoms with Gasteiger partial charge >= 0.3 is 5.97 Å². The van der Waals surface area contributed by atoms with Crippen molar-refractivity contribution in [2.45, 2.75) is 6.92 Å². The van der Waals surface area contributed by atoms with Crippen molar-refractivity contribution in [2.24, 2.45) is 0 Å². The molecule has 0 fully saturated rings. The van der Waals surface area contributed by atoms with Crippen LogP contribution in [0.3, 0.4) is 0 Å². The predicted octanol–water partition coefficient (Wildman–Crippen LogP) is -1.21. The van der Waals surface area contributed by atoms with Crippen molar-refractivity contribution in [3.05, 3.63) is 91.0 Å². The Kier molecular flexibility index (Phi) is 8.93. The van der Waals surface area contributed by atoms with E-state index in [0.29, 0.717) is 12.8 Å². The first-order chi connectivity index (χ1) is 14.3. The molecular weight excluding hydrogens is 427 g/mol. The summed E-state index contributed by atoms with van der Waals surface area (Å²) in [5.41, 5.74) is 0. The summed E-state index contributed by atoms with van der Waals surface area (Å²) >= 11 is 0. The quantitative estimate of drug-likeness (QED) is 0.345. The topological polar surface area (TPSA) is 119 Å². The van der Waals surface area contributed by atoms with Gasteiger partial charge in [-0.25, -0.2) is 23.4 Å². The molecule has 0 aliphatic heterocycles. The molecule has 30 heavy (non-hydrogen) atoms. The van der Waals surface area contributed by atoms with Crippen molar-refractivity contribution in [3.63, 3.8) is 0 Å². The summed E-state index contributed by atoms with van der Waals surface area (Å²) in [4.78, 5) is 12.6. The van der Waals surface area contributed by atoms with E-state index < -0.39 is 17.5 Å². The van der Waals surface area contributed by atoms with Crippen LogP contribution in [0.25, 0.3) is 0 Å². The van der Waals surface area contributed by atoms with Gasteiger partial charge in [0.15, 0.2) is 6.16 Å². The summed E-state index contributed by atoms with van der Waals surface area (Å²) in [5, 5.41) is 3.58. The molecule has 0 radical (unpaired) electrons. The maximum atomic E-state index is 12.6. The van der Waals surface area contributed by atoms with Crippen LogP contribution >= 0.6 is 7.26 Å². The lowest BCUT2D eigenvalue weighted by Gasteiger charge is -2.26. The maximum absolute atomic E-state index is 12.6. The summed E-state index contributed by atoms with van der Waals surface area (Å²) in [6.45, 7) is 2.25. The van der Waals surface area contributed by atoms with Gasteiger partial charge in [-0.3, -0.25) is 0 Å². The number of esters is 1. The first-order valence-corrected chi connectivity index (χ1v) is 12.3. The van der Waals surface area contributed by atoms with Crippen molar-refractivity contribution in [1.29, 1.82) is 0 Å². The largest absolute Gasteiger partial charge is 0.463 e. The summed E-state index contributed by atoms with van der Waals surface area (Å²) in [5.74, 6) is -0.146. The lowest BCUT2D eigenvalue weighted by atomic mass is 10.4. The van der Waals surface area contributed by atoms with Crippen molar-refractivity contribution in [3.8, 4) is 0 Å². The second kappa shape index (κ2) is 11.2. The molecule has 0 N–H and O–H groups in total. The fourth-order valence-corrected chi connectivity index (χ4v) is 7.13. The molecule has 3 aromatic carbocycles. The van der Waals surface area contributed by atoms with E-state index in [2.05, 4.69) is 36.4 Å². The minimum absolute atomic E-state index is 0.146. The van der Waals surface area contributed by atoms with Gasteiger partial charge in [-0.05, 0) is 43.3 Å². The number of hydrogen-bond donors (Lipinski definition) is 0. The molecule has 0 saturated heterocycles. The van der Waals surface area contributed by atoms with Gasteiger partial charge in [0.1, 0.15) is 23.2 Å². The van der Waals surface area contributed by atoms with Gasteiger partial charge in [0.25, 0.3) is 0 Å². The Labute approximate surface area is 178 Å². The summed E-state index contributed by atoms with van der Waals surface area (Å²) in [7, 11) is -7.06. The predicted molar refractivity (Wildman–Crippen MR) is 107 cm³/mol. The monoisotopic (exact) mass is 448 g/mol. The minimum Gasteiger partial charge on any atom is -0.463 e. The number of ether oxygens (including phenoxy) is 1. The third-order valence-electron chi connectivity index (χ3n) is 4.26. The lowest BCUT2D eigenvalue weighted by Crippen LogP contribution is -2.68. The third kappa shape index (κ3) is 6.89. The highest BCUT2D eigenvalue weighted by Crippen LogP contribution is 2.55. The zero-order valence-electron chi connectivity index (χ0n) is 16.3. The third-order valence-corrected chi connectivity index (χ3v) is 8.53. The number of hydrogen-bond acceptors (Lipinski definition) is 6. The van der Waals surface area contributed by atoms with Gasteiger partial charge in [0.2, 0.25) is 0 Å². The Morgan fingerprint density at radius 2 is 1.03 bits per heavy atom. The molecule has 0 saturated carbocycles. The van der Waals surface area contributed by atoms with Gasteiger partial charge < -0.3 is 4.74 Å². The average Bonchev–Trinajstić information content (AvgIpc) is 2.73. The molecular formula is C22H22ClO6P. The van der Waals surface area contributed by atoms with Crippen LogP contribution in [0.2, 0.25) is 0 Å². The second-order valence-electron chi connectivity index (χ2n) is 6.16. The number of halogens is 1. The van der Waals surface area contributed by atoms with E-state index in [1.54, 1.807) is 0 Å². The Balaban J connectivity index is 0.000000575. The number of benzene rings is 3. The molecule has 0 aromatic heterocycles. The normalized spacial score (nSPS) is 11.2. The zero-order chi connectivity index (χ0) is 22.0. The van der Waals surface area contributed by atoms with Crippen molar-refractivity contribution < 1.29 is 38.4 Å². The Morgan fingerprint density at radius 3 is 1.30 bits per heavy atom. The van der Waals surface area contributed by atoms with E-state index in [1.165, 1.54) is 15.9 Å². The van der Waals surface area contributed by atoms with Crippen LogP contribution in [0.15, 0.2) is 91.0 Å². The van der Waals surface area contributed by atoms with Crippen LogP contribution in [0.5, 0.6) is 0 Å². The molecule has 158 valence electrons. The summed E-state index contributed by atoms with van der Waals surface area (Å²) in [6.07, 6.45) is 0.374. The smallest absolute Gasteiger partial charge is 0.345 e. The molecule has 0 unspecified atom stereocenters. The van der Waals surface area contributed by atoms with Gasteiger partial charge in [-0.2, -0.15) is 0 Å². The second-order valence-corrected chi connectivity index (χ2v) is 10.4. The SMILES string of the molecule is CCOC(=O)C[P+](c1ccccc1)(c1ccccc1)c1ccccc1.[O-][Cl+3]([O-])([O-])[O-]. The van der Waals surface area contributed by atoms with Crippen molar-refractivity contribution in [1.82, 2.24) is 0 Å². The van der Waals surface area contributed by atoms with Crippen LogP contribution in [0, 0.1) is 10.2 Å². The number of carbonyl (C=O) groups excluding carboxylic acids is 1. The molecule has 0 atom stereocenters. The van der Waals surface area contributed by atoms with E-state index in [4.69, 9.17) is 23.4 Å². The van der Waals surface area contributed by atoms with Gasteiger partial charge in [0.05, 0.1) is 6.61 Å². The Morgan fingerprint density at radius 1 is 0.733 bits per heavy atom. The highest BCUT2D eigenvalue weighted by molar-refractivity contribution is 7.96. The van der Waals surface area contributed by atoms with E-state index in [9.17, 15) is 4.79 Å². The Bertz CT molecular complexity index is 799. The minimum atomic E-state index is -4.94. The standard InChI is InChI=1S/C22H22O2P.ClHO4/c1-2-24-22(23)18-25(19-12-6-3-7-13-19,20-14-8-4-9-15-20)21-16-10-5-11-17-21;2-1(3,4)5/h3-17H,2,18H2,1H3;(H,2,3,4,5)/q+1;/p-1. The molecule has 0 aliphatic rings. The highest BCUT2D eigenvalue weighted by atomic mass is 35.7. The van der Waals surface area contributed by atoms with E-state index >= 15 is 0 Å². The summed E-state index contributed by atoms with van der Waals surface area (Å²) in [6, 6.07) is 31.1. The molecule has 0 amide bonds. The molecule has 0 heterocycles. The van der Waals surface area contributed by atoms with E-state index in [-0.39, 0.29) is 5.97 Å². The molecule has 0 aliphatic carbocycles. The molecule has 0 spiro atoms. The molecule has 6 nitrogen and oxygen atoms in total. The number of carbonyl (C=O) groups is 1. The maximum Gasteiger partial charge on any atom is 0.345 e. The fourth-order valence-electron chi connectivity index (χ4n) is 3.17. The van der Waals surface area contributed by atoms with Crippen LogP contribution < -0.4 is 34.5 Å². The lowest BCUT2D eigenvalue weighted by molar-refractivity contribution is -2.00. The average molecular weight is 449 g/mol. The van der Waals surface area contributed by atoms with Gasteiger partial charge in [0, 0.05) is 0 Å². The van der Waals surface area contributed by atoms with Crippen molar-refractivity contribution >= 4 is 29.1 Å². The molecule has 3 aromatic rings. The molecule has 0 bridgehead atoms. The van der Waals surface area contributed by atoms with Crippen LogP contribution in [0.1, 0.15) is 6.92 Å². The van der Waals surface area contributed by atoms with E-state index in [0.717, 1.165) is 0 Å². The van der Waals surface area contributed by atoms with Crippen LogP contribution in [-0.2, 0) is 9.53 Å². The van der Waals surface area contributed by atoms with Crippen molar-refractivity contribution in [2.75, 3.05) is 12.8 Å².